The molecule has 0 bridgehead atoms. The van der Waals surface area contributed by atoms with Crippen molar-refractivity contribution in [2.75, 3.05) is 6.54 Å². The van der Waals surface area contributed by atoms with Crippen LogP contribution in [0.5, 0.6) is 0 Å². The van der Waals surface area contributed by atoms with Crippen molar-refractivity contribution in [2.45, 2.75) is 71.9 Å². The lowest BCUT2D eigenvalue weighted by Gasteiger charge is -2.30. The highest BCUT2D eigenvalue weighted by Gasteiger charge is 2.42. The van der Waals surface area contributed by atoms with E-state index in [4.69, 9.17) is 5.10 Å². The van der Waals surface area contributed by atoms with E-state index in [1.807, 2.05) is 55.8 Å². The summed E-state index contributed by atoms with van der Waals surface area (Å²) in [6.45, 7) is 12.5. The zero-order valence-corrected chi connectivity index (χ0v) is 25.5. The third kappa shape index (κ3) is 4.95. The van der Waals surface area contributed by atoms with Crippen molar-refractivity contribution in [1.29, 1.82) is 0 Å². The van der Waals surface area contributed by atoms with Crippen molar-refractivity contribution in [3.63, 3.8) is 0 Å². The molecule has 1 aliphatic rings. The maximum atomic E-state index is 13.8. The molecule has 5 rings (SSSR count). The van der Waals surface area contributed by atoms with Gasteiger partial charge in [-0.2, -0.15) is 9.40 Å². The van der Waals surface area contributed by atoms with E-state index in [-0.39, 0.29) is 12.5 Å². The van der Waals surface area contributed by atoms with Gasteiger partial charge in [0.2, 0.25) is 10.0 Å². The van der Waals surface area contributed by atoms with E-state index >= 15 is 0 Å². The molecule has 41 heavy (non-hydrogen) atoms. The molecule has 0 fully saturated rings. The first-order valence-electron chi connectivity index (χ1n) is 13.9. The van der Waals surface area contributed by atoms with Crippen LogP contribution in [0.3, 0.4) is 0 Å². The van der Waals surface area contributed by atoms with Crippen LogP contribution in [-0.4, -0.2) is 55.1 Å². The Morgan fingerprint density at radius 1 is 1.17 bits per heavy atom. The number of carboxylic acids is 1. The standard InChI is InChI=1S/C30H38N6O4S/c1-8-36-25-12-11-23(20(4)28(25)31-33-36)27(30(5,6)29(37)38)24-15-22(34(7)32-24)17-35-16-19(3)13-21-10-9-18(2)14-26(21)41(35,39)40/h9-12,14-15,19,27H,8,13,16-17H2,1-7H3,(H,37,38)/t19-,27+/m0/s1. The summed E-state index contributed by atoms with van der Waals surface area (Å²) in [5.41, 5.74) is 5.04. The Labute approximate surface area is 241 Å². The summed E-state index contributed by atoms with van der Waals surface area (Å²) < 4.78 is 32.7. The fraction of sp³-hybridized carbons (Fsp3) is 0.467. The lowest BCUT2D eigenvalue weighted by molar-refractivity contribution is -0.147. The first-order chi connectivity index (χ1) is 19.2. The molecule has 2 atom stereocenters. The van der Waals surface area contributed by atoms with E-state index in [0.717, 1.165) is 33.3 Å². The van der Waals surface area contributed by atoms with Crippen LogP contribution >= 0.6 is 0 Å². The summed E-state index contributed by atoms with van der Waals surface area (Å²) in [6.07, 6.45) is 0.682. The molecule has 218 valence electrons. The van der Waals surface area contributed by atoms with E-state index in [2.05, 4.69) is 17.2 Å². The van der Waals surface area contributed by atoms with Crippen molar-refractivity contribution in [3.8, 4) is 0 Å². The number of hydrogen-bond donors (Lipinski definition) is 1. The van der Waals surface area contributed by atoms with Gasteiger partial charge in [-0.3, -0.25) is 9.48 Å². The highest BCUT2D eigenvalue weighted by molar-refractivity contribution is 7.89. The van der Waals surface area contributed by atoms with E-state index in [0.29, 0.717) is 35.8 Å². The molecule has 1 aliphatic heterocycles. The summed E-state index contributed by atoms with van der Waals surface area (Å²) in [6, 6.07) is 11.4. The molecule has 0 saturated heterocycles. The third-order valence-electron chi connectivity index (χ3n) is 8.42. The smallest absolute Gasteiger partial charge is 0.310 e. The average Bonchev–Trinajstić information content (AvgIpc) is 3.46. The quantitative estimate of drug-likeness (QED) is 0.344. The summed E-state index contributed by atoms with van der Waals surface area (Å²) >= 11 is 0. The van der Waals surface area contributed by atoms with E-state index in [1.54, 1.807) is 31.6 Å². The monoisotopic (exact) mass is 578 g/mol. The van der Waals surface area contributed by atoms with Gasteiger partial charge >= 0.3 is 5.97 Å². The molecule has 0 radical (unpaired) electrons. The zero-order chi connectivity index (χ0) is 29.9. The first kappa shape index (κ1) is 28.9. The Kier molecular flexibility index (Phi) is 7.31. The molecule has 1 N–H and O–H groups in total. The second kappa shape index (κ2) is 10.4. The molecule has 0 amide bonds. The predicted molar refractivity (Wildman–Crippen MR) is 156 cm³/mol. The van der Waals surface area contributed by atoms with Gasteiger partial charge in [0.15, 0.2) is 0 Å². The number of benzene rings is 2. The number of carbonyl (C=O) groups is 1. The number of aliphatic carboxylic acids is 1. The van der Waals surface area contributed by atoms with Crippen molar-refractivity contribution >= 4 is 27.0 Å². The summed E-state index contributed by atoms with van der Waals surface area (Å²) in [5, 5.41) is 23.7. The summed E-state index contributed by atoms with van der Waals surface area (Å²) in [5.74, 6) is -1.44. The van der Waals surface area contributed by atoms with Crippen molar-refractivity contribution in [1.82, 2.24) is 29.1 Å². The van der Waals surface area contributed by atoms with Crippen molar-refractivity contribution in [3.05, 3.63) is 70.0 Å². The molecule has 4 aromatic rings. The number of rotatable bonds is 7. The largest absolute Gasteiger partial charge is 0.481 e. The van der Waals surface area contributed by atoms with E-state index < -0.39 is 27.3 Å². The van der Waals surface area contributed by atoms with Gasteiger partial charge in [0, 0.05) is 26.1 Å². The fourth-order valence-corrected chi connectivity index (χ4v) is 7.86. The first-order valence-corrected chi connectivity index (χ1v) is 15.4. The highest BCUT2D eigenvalue weighted by Crippen LogP contribution is 2.43. The molecule has 0 aliphatic carbocycles. The maximum Gasteiger partial charge on any atom is 0.310 e. The van der Waals surface area contributed by atoms with Crippen LogP contribution in [0, 0.1) is 25.2 Å². The molecule has 0 unspecified atom stereocenters. The number of carboxylic acid groups (broad SMARTS) is 1. The highest BCUT2D eigenvalue weighted by atomic mass is 32.2. The van der Waals surface area contributed by atoms with Gasteiger partial charge in [-0.15, -0.1) is 5.10 Å². The number of hydrogen-bond acceptors (Lipinski definition) is 6. The van der Waals surface area contributed by atoms with Crippen LogP contribution in [0.1, 0.15) is 67.3 Å². The van der Waals surface area contributed by atoms with E-state index in [1.165, 1.54) is 4.31 Å². The molecule has 11 heteroatoms. The molecular formula is C30H38N6O4S. The maximum absolute atomic E-state index is 13.8. The molecule has 2 aromatic carbocycles. The van der Waals surface area contributed by atoms with Crippen LogP contribution in [0.25, 0.3) is 11.0 Å². The number of aryl methyl sites for hydroxylation is 4. The van der Waals surface area contributed by atoms with Crippen molar-refractivity contribution < 1.29 is 18.3 Å². The minimum atomic E-state index is -3.75. The number of aromatic nitrogens is 5. The zero-order valence-electron chi connectivity index (χ0n) is 24.7. The minimum absolute atomic E-state index is 0.131. The molecule has 0 saturated carbocycles. The number of sulfonamides is 1. The minimum Gasteiger partial charge on any atom is -0.481 e. The Hall–Kier alpha value is -3.57. The van der Waals surface area contributed by atoms with Crippen LogP contribution < -0.4 is 0 Å². The second-order valence-electron chi connectivity index (χ2n) is 11.9. The summed E-state index contributed by atoms with van der Waals surface area (Å²) in [4.78, 5) is 13.0. The normalized spacial score (nSPS) is 18.3. The van der Waals surface area contributed by atoms with Crippen LogP contribution in [0.15, 0.2) is 41.3 Å². The second-order valence-corrected chi connectivity index (χ2v) is 13.8. The van der Waals surface area contributed by atoms with Gasteiger partial charge in [-0.05, 0) is 87.4 Å². The average molecular weight is 579 g/mol. The van der Waals surface area contributed by atoms with Gasteiger partial charge in [-0.25, -0.2) is 13.1 Å². The summed E-state index contributed by atoms with van der Waals surface area (Å²) in [7, 11) is -1.97. The number of nitrogens with zero attached hydrogens (tertiary/aromatic N) is 6. The molecular weight excluding hydrogens is 540 g/mol. The Bertz CT molecular complexity index is 1750. The topological polar surface area (TPSA) is 123 Å². The van der Waals surface area contributed by atoms with Crippen LogP contribution in [0.4, 0.5) is 0 Å². The van der Waals surface area contributed by atoms with Gasteiger partial charge in [0.1, 0.15) is 5.52 Å². The SMILES string of the molecule is CCn1nnc2c(C)c([C@H](c3cc(CN4C[C@@H](C)Cc5ccc(C)cc5S4(=O)=O)n(C)n3)C(C)(C)C(=O)O)ccc21. The Balaban J connectivity index is 1.59. The Morgan fingerprint density at radius 3 is 2.59 bits per heavy atom. The van der Waals surface area contributed by atoms with Gasteiger partial charge in [0.05, 0.1) is 33.8 Å². The van der Waals surface area contributed by atoms with Gasteiger partial charge < -0.3 is 5.11 Å². The van der Waals surface area contributed by atoms with E-state index in [9.17, 15) is 18.3 Å². The molecule has 2 aromatic heterocycles. The van der Waals surface area contributed by atoms with Gasteiger partial charge in [-0.1, -0.05) is 30.3 Å². The third-order valence-corrected chi connectivity index (χ3v) is 10.3. The molecule has 3 heterocycles. The number of fused-ring (bicyclic) bond motifs is 2. The fourth-order valence-electron chi connectivity index (χ4n) is 6.02. The van der Waals surface area contributed by atoms with Crippen LogP contribution in [-0.2, 0) is 41.4 Å². The lowest BCUT2D eigenvalue weighted by atomic mass is 9.72. The lowest BCUT2D eigenvalue weighted by Crippen LogP contribution is -2.33. The molecule has 10 nitrogen and oxygen atoms in total. The predicted octanol–water partition coefficient (Wildman–Crippen LogP) is 4.43. The van der Waals surface area contributed by atoms with Crippen molar-refractivity contribution in [2.24, 2.45) is 18.4 Å². The Morgan fingerprint density at radius 2 is 1.90 bits per heavy atom. The van der Waals surface area contributed by atoms with Gasteiger partial charge in [0.25, 0.3) is 0 Å². The molecule has 0 spiro atoms. The van der Waals surface area contributed by atoms with Crippen LogP contribution in [0.2, 0.25) is 0 Å².